The topological polar surface area (TPSA) is 93.0 Å². The summed E-state index contributed by atoms with van der Waals surface area (Å²) in [5.74, 6) is 0. The predicted molar refractivity (Wildman–Crippen MR) is 36.6 cm³/mol. The highest BCUT2D eigenvalue weighted by Crippen LogP contribution is 2.13. The van der Waals surface area contributed by atoms with Gasteiger partial charge in [-0.1, -0.05) is 0 Å². The van der Waals surface area contributed by atoms with Crippen molar-refractivity contribution in [3.63, 3.8) is 0 Å². The summed E-state index contributed by atoms with van der Waals surface area (Å²) in [7, 11) is 0. The number of piperidine rings is 1. The fraction of sp³-hybridized carbons (Fsp3) is 1.00. The van der Waals surface area contributed by atoms with Gasteiger partial charge >= 0.3 is 0 Å². The van der Waals surface area contributed by atoms with E-state index in [1.54, 1.807) is 6.92 Å². The molecule has 1 rings (SSSR count). The molecule has 0 aromatic heterocycles. The van der Waals surface area contributed by atoms with Crippen LogP contribution in [0, 0.1) is 0 Å². The zero-order valence-corrected chi connectivity index (χ0v) is 6.18. The fourth-order valence-electron chi connectivity index (χ4n) is 1.15. The molecule has 0 aromatic rings. The molecule has 66 valence electrons. The van der Waals surface area contributed by atoms with Gasteiger partial charge < -0.3 is 20.4 Å². The molecule has 5 N–H and O–H groups in total. The van der Waals surface area contributed by atoms with E-state index in [1.807, 2.05) is 0 Å². The Morgan fingerprint density at radius 2 is 1.45 bits per heavy atom. The molecule has 1 fully saturated rings. The third kappa shape index (κ3) is 1.52. The molecule has 1 heterocycles. The van der Waals surface area contributed by atoms with Crippen LogP contribution in [-0.4, -0.2) is 51.0 Å². The second kappa shape index (κ2) is 3.04. The molecular formula is C6H13NO4. The Kier molecular flexibility index (Phi) is 2.46. The highest BCUT2D eigenvalue weighted by molar-refractivity contribution is 4.91. The highest BCUT2D eigenvalue weighted by Gasteiger charge is 2.39. The number of aliphatic hydroxyl groups is 4. The van der Waals surface area contributed by atoms with Crippen molar-refractivity contribution < 1.29 is 20.4 Å². The van der Waals surface area contributed by atoms with Crippen LogP contribution in [0.25, 0.3) is 0 Å². The Bertz CT molecular complexity index is 129. The van der Waals surface area contributed by atoms with Gasteiger partial charge in [0.25, 0.3) is 0 Å². The summed E-state index contributed by atoms with van der Waals surface area (Å²) in [5, 5.41) is 38.8. The van der Waals surface area contributed by atoms with Gasteiger partial charge in [0.2, 0.25) is 0 Å². The molecule has 0 spiro atoms. The number of nitrogens with one attached hydrogen (secondary N) is 1. The summed E-state index contributed by atoms with van der Waals surface area (Å²) in [6.07, 6.45) is -4.79. The lowest BCUT2D eigenvalue weighted by Gasteiger charge is -2.37. The van der Waals surface area contributed by atoms with Crippen LogP contribution in [0.3, 0.4) is 0 Å². The average molecular weight is 163 g/mol. The molecule has 0 aliphatic carbocycles. The summed E-state index contributed by atoms with van der Waals surface area (Å²) < 4.78 is 0. The van der Waals surface area contributed by atoms with Crippen LogP contribution >= 0.6 is 0 Å². The Labute approximate surface area is 64.3 Å². The molecule has 0 aromatic carbocycles. The van der Waals surface area contributed by atoms with Crippen LogP contribution < -0.4 is 5.32 Å². The first kappa shape index (κ1) is 8.89. The fourth-order valence-corrected chi connectivity index (χ4v) is 1.15. The van der Waals surface area contributed by atoms with Gasteiger partial charge in [-0.25, -0.2) is 0 Å². The number of hydrogen-bond acceptors (Lipinski definition) is 5. The van der Waals surface area contributed by atoms with Gasteiger partial charge in [-0.2, -0.15) is 0 Å². The van der Waals surface area contributed by atoms with E-state index in [0.717, 1.165) is 0 Å². The van der Waals surface area contributed by atoms with Gasteiger partial charge in [0.1, 0.15) is 18.4 Å². The molecular weight excluding hydrogens is 150 g/mol. The standard InChI is InChI=1S/C6H13NO4/c1-2-3(8)4(9)5(10)6(11)7-2/h2-11H,1H3/t2-,3-,4+,5-,6-/m1/s1. The summed E-state index contributed by atoms with van der Waals surface area (Å²) in [6.45, 7) is 1.61. The van der Waals surface area contributed by atoms with Crippen LogP contribution in [0.15, 0.2) is 0 Å². The van der Waals surface area contributed by atoms with Gasteiger partial charge in [0.05, 0.1) is 6.10 Å². The van der Waals surface area contributed by atoms with E-state index in [-0.39, 0.29) is 0 Å². The van der Waals surface area contributed by atoms with Crippen molar-refractivity contribution >= 4 is 0 Å². The number of rotatable bonds is 0. The van der Waals surface area contributed by atoms with Gasteiger partial charge in [-0.15, -0.1) is 0 Å². The Morgan fingerprint density at radius 1 is 0.909 bits per heavy atom. The van der Waals surface area contributed by atoms with E-state index in [9.17, 15) is 0 Å². The minimum absolute atomic E-state index is 0.414. The molecule has 1 aliphatic heterocycles. The lowest BCUT2D eigenvalue weighted by molar-refractivity contribution is -0.154. The summed E-state index contributed by atoms with van der Waals surface area (Å²) in [5.41, 5.74) is 0. The van der Waals surface area contributed by atoms with Crippen molar-refractivity contribution in [2.45, 2.75) is 37.5 Å². The van der Waals surface area contributed by atoms with E-state index in [4.69, 9.17) is 20.4 Å². The van der Waals surface area contributed by atoms with Crippen molar-refractivity contribution in [1.29, 1.82) is 0 Å². The third-order valence-corrected chi connectivity index (χ3v) is 1.97. The monoisotopic (exact) mass is 163 g/mol. The Balaban J connectivity index is 2.63. The Morgan fingerprint density at radius 3 is 2.00 bits per heavy atom. The largest absolute Gasteiger partial charge is 0.389 e. The molecule has 5 heteroatoms. The molecule has 0 saturated carbocycles. The van der Waals surface area contributed by atoms with Crippen LogP contribution in [0.5, 0.6) is 0 Å². The molecule has 0 bridgehead atoms. The quantitative estimate of drug-likeness (QED) is 0.269. The van der Waals surface area contributed by atoms with Crippen LogP contribution in [0.1, 0.15) is 6.92 Å². The molecule has 1 saturated heterocycles. The molecule has 5 atom stereocenters. The second-order valence-corrected chi connectivity index (χ2v) is 2.87. The SMILES string of the molecule is C[C@H]1N[C@H](O)[C@H](O)[C@@H](O)[C@@H]1O. The average Bonchev–Trinajstić information content (AvgIpc) is 1.97. The minimum atomic E-state index is -1.32. The van der Waals surface area contributed by atoms with Crippen molar-refractivity contribution in [1.82, 2.24) is 5.32 Å². The van der Waals surface area contributed by atoms with E-state index in [1.165, 1.54) is 0 Å². The lowest BCUT2D eigenvalue weighted by atomic mass is 9.96. The van der Waals surface area contributed by atoms with Crippen LogP contribution in [0.2, 0.25) is 0 Å². The first-order chi connectivity index (χ1) is 5.04. The highest BCUT2D eigenvalue weighted by atomic mass is 16.4. The molecule has 5 nitrogen and oxygen atoms in total. The van der Waals surface area contributed by atoms with Gasteiger partial charge in [-0.05, 0) is 6.92 Å². The van der Waals surface area contributed by atoms with E-state index in [0.29, 0.717) is 0 Å². The number of aliphatic hydroxyl groups excluding tert-OH is 4. The molecule has 1 aliphatic rings. The van der Waals surface area contributed by atoms with Gasteiger partial charge in [-0.3, -0.25) is 5.32 Å². The van der Waals surface area contributed by atoms with E-state index in [2.05, 4.69) is 5.32 Å². The van der Waals surface area contributed by atoms with E-state index < -0.39 is 30.6 Å². The molecule has 0 radical (unpaired) electrons. The molecule has 11 heavy (non-hydrogen) atoms. The maximum atomic E-state index is 9.15. The van der Waals surface area contributed by atoms with Crippen molar-refractivity contribution in [2.24, 2.45) is 0 Å². The van der Waals surface area contributed by atoms with Crippen molar-refractivity contribution in [2.75, 3.05) is 0 Å². The molecule has 0 unspecified atom stereocenters. The minimum Gasteiger partial charge on any atom is -0.389 e. The van der Waals surface area contributed by atoms with Crippen molar-refractivity contribution in [3.05, 3.63) is 0 Å². The van der Waals surface area contributed by atoms with E-state index >= 15 is 0 Å². The molecule has 0 amide bonds. The first-order valence-corrected chi connectivity index (χ1v) is 3.52. The lowest BCUT2D eigenvalue weighted by Crippen LogP contribution is -2.63. The maximum Gasteiger partial charge on any atom is 0.134 e. The van der Waals surface area contributed by atoms with Gasteiger partial charge in [0, 0.05) is 6.04 Å². The Hall–Kier alpha value is -0.200. The zero-order chi connectivity index (χ0) is 8.59. The van der Waals surface area contributed by atoms with Gasteiger partial charge in [0.15, 0.2) is 0 Å². The zero-order valence-electron chi connectivity index (χ0n) is 6.18. The van der Waals surface area contributed by atoms with Crippen LogP contribution in [-0.2, 0) is 0 Å². The van der Waals surface area contributed by atoms with Crippen molar-refractivity contribution in [3.8, 4) is 0 Å². The summed E-state index contributed by atoms with van der Waals surface area (Å²) >= 11 is 0. The number of hydrogen-bond donors (Lipinski definition) is 5. The predicted octanol–water partition coefficient (Wildman–Crippen LogP) is -2.62. The summed E-state index contributed by atoms with van der Waals surface area (Å²) in [6, 6.07) is -0.414. The van der Waals surface area contributed by atoms with Crippen LogP contribution in [0.4, 0.5) is 0 Å². The third-order valence-electron chi connectivity index (χ3n) is 1.97. The second-order valence-electron chi connectivity index (χ2n) is 2.87. The summed E-state index contributed by atoms with van der Waals surface area (Å²) in [4.78, 5) is 0. The maximum absolute atomic E-state index is 9.15. The normalized spacial score (nSPS) is 52.6. The first-order valence-electron chi connectivity index (χ1n) is 3.52. The smallest absolute Gasteiger partial charge is 0.134 e.